The van der Waals surface area contributed by atoms with Crippen LogP contribution < -0.4 is 0 Å². The summed E-state index contributed by atoms with van der Waals surface area (Å²) < 4.78 is 1.67. The highest BCUT2D eigenvalue weighted by Gasteiger charge is 2.12. The zero-order chi connectivity index (χ0) is 15.7. The summed E-state index contributed by atoms with van der Waals surface area (Å²) in [6, 6.07) is 10.00. The molecule has 0 N–H and O–H groups in total. The lowest BCUT2D eigenvalue weighted by Gasteiger charge is -2.04. The third-order valence-corrected chi connectivity index (χ3v) is 3.86. The van der Waals surface area contributed by atoms with E-state index in [9.17, 15) is 10.1 Å². The number of nitrogens with zero attached hydrogens (tertiary/aromatic N) is 5. The molecule has 8 heteroatoms. The van der Waals surface area contributed by atoms with Gasteiger partial charge in [0.1, 0.15) is 0 Å². The van der Waals surface area contributed by atoms with Crippen LogP contribution in [-0.2, 0) is 0 Å². The maximum Gasteiger partial charge on any atom is 0.270 e. The molecule has 22 heavy (non-hydrogen) atoms. The van der Waals surface area contributed by atoms with E-state index in [-0.39, 0.29) is 5.69 Å². The maximum atomic E-state index is 10.9. The Morgan fingerprint density at radius 1 is 1.23 bits per heavy atom. The smallest absolute Gasteiger partial charge is 0.258 e. The first kappa shape index (κ1) is 14.5. The molecule has 0 saturated heterocycles. The number of nitro benzene ring substituents is 1. The third kappa shape index (κ3) is 2.77. The molecule has 0 atom stereocenters. The summed E-state index contributed by atoms with van der Waals surface area (Å²) in [5, 5.41) is 24.7. The molecule has 0 spiro atoms. The Morgan fingerprint density at radius 2 is 2.05 bits per heavy atom. The number of fused-ring (bicyclic) bond motifs is 1. The minimum Gasteiger partial charge on any atom is -0.258 e. The van der Waals surface area contributed by atoms with Gasteiger partial charge in [0.2, 0.25) is 5.16 Å². The molecular formula is C14H13N5O2S. The summed E-state index contributed by atoms with van der Waals surface area (Å²) in [6.45, 7) is 4.13. The van der Waals surface area contributed by atoms with E-state index in [1.54, 1.807) is 40.5 Å². The number of hydrogen-bond donors (Lipinski definition) is 0. The van der Waals surface area contributed by atoms with E-state index in [0.717, 1.165) is 0 Å². The molecule has 2 aromatic heterocycles. The van der Waals surface area contributed by atoms with Gasteiger partial charge in [-0.1, -0.05) is 37.7 Å². The average molecular weight is 315 g/mol. The van der Waals surface area contributed by atoms with E-state index >= 15 is 0 Å². The molecule has 0 fully saturated rings. The van der Waals surface area contributed by atoms with Crippen molar-refractivity contribution in [3.05, 3.63) is 46.5 Å². The Labute approximate surface area is 130 Å². The predicted molar refractivity (Wildman–Crippen MR) is 83.9 cm³/mol. The Kier molecular flexibility index (Phi) is 3.76. The second kappa shape index (κ2) is 5.72. The highest BCUT2D eigenvalue weighted by atomic mass is 32.2. The highest BCUT2D eigenvalue weighted by molar-refractivity contribution is 7.99. The topological polar surface area (TPSA) is 86.2 Å². The minimum absolute atomic E-state index is 0.0416. The van der Waals surface area contributed by atoms with Gasteiger partial charge in [-0.25, -0.2) is 0 Å². The maximum absolute atomic E-state index is 10.9. The monoisotopic (exact) mass is 315 g/mol. The summed E-state index contributed by atoms with van der Waals surface area (Å²) >= 11 is 1.57. The van der Waals surface area contributed by atoms with Crippen LogP contribution in [0.4, 0.5) is 5.69 Å². The summed E-state index contributed by atoms with van der Waals surface area (Å²) in [5.41, 5.74) is 2.02. The summed E-state index contributed by atoms with van der Waals surface area (Å²) in [4.78, 5) is 10.5. The van der Waals surface area contributed by atoms with Gasteiger partial charge in [0.05, 0.1) is 10.6 Å². The number of aromatic nitrogens is 4. The van der Waals surface area contributed by atoms with Gasteiger partial charge in [0, 0.05) is 22.9 Å². The molecule has 0 aliphatic carbocycles. The van der Waals surface area contributed by atoms with Crippen molar-refractivity contribution in [3.8, 4) is 11.3 Å². The minimum atomic E-state index is -0.416. The van der Waals surface area contributed by atoms with Crippen molar-refractivity contribution in [1.82, 2.24) is 19.8 Å². The first-order valence-electron chi connectivity index (χ1n) is 6.68. The first-order chi connectivity index (χ1) is 10.5. The van der Waals surface area contributed by atoms with Crippen molar-refractivity contribution >= 4 is 23.1 Å². The third-order valence-electron chi connectivity index (χ3n) is 2.93. The zero-order valence-electron chi connectivity index (χ0n) is 12.0. The Bertz CT molecular complexity index is 846. The fourth-order valence-corrected chi connectivity index (χ4v) is 2.73. The van der Waals surface area contributed by atoms with Gasteiger partial charge in [-0.3, -0.25) is 10.1 Å². The summed E-state index contributed by atoms with van der Waals surface area (Å²) in [6.07, 6.45) is 0. The van der Waals surface area contributed by atoms with Crippen molar-refractivity contribution in [1.29, 1.82) is 0 Å². The van der Waals surface area contributed by atoms with Crippen molar-refractivity contribution in [2.75, 3.05) is 0 Å². The second-order valence-corrected chi connectivity index (χ2v) is 6.49. The van der Waals surface area contributed by atoms with Gasteiger partial charge in [0.15, 0.2) is 5.65 Å². The molecule has 0 saturated carbocycles. The molecule has 3 rings (SSSR count). The fourth-order valence-electron chi connectivity index (χ4n) is 1.99. The van der Waals surface area contributed by atoms with E-state index < -0.39 is 4.92 Å². The van der Waals surface area contributed by atoms with Crippen LogP contribution in [0.5, 0.6) is 0 Å². The number of non-ortho nitro benzene ring substituents is 1. The summed E-state index contributed by atoms with van der Waals surface area (Å²) in [7, 11) is 0. The van der Waals surface area contributed by atoms with Crippen LogP contribution in [0.1, 0.15) is 13.8 Å². The molecule has 112 valence electrons. The molecular weight excluding hydrogens is 302 g/mol. The second-order valence-electron chi connectivity index (χ2n) is 4.95. The Balaban J connectivity index is 2.07. The zero-order valence-corrected chi connectivity index (χ0v) is 12.8. The molecule has 0 bridgehead atoms. The van der Waals surface area contributed by atoms with E-state index in [4.69, 9.17) is 0 Å². The van der Waals surface area contributed by atoms with Crippen LogP contribution >= 0.6 is 11.8 Å². The van der Waals surface area contributed by atoms with Crippen LogP contribution in [0.2, 0.25) is 0 Å². The van der Waals surface area contributed by atoms with E-state index in [2.05, 4.69) is 29.1 Å². The number of benzene rings is 1. The number of rotatable bonds is 4. The van der Waals surface area contributed by atoms with Crippen LogP contribution in [0, 0.1) is 10.1 Å². The van der Waals surface area contributed by atoms with E-state index in [1.807, 2.05) is 0 Å². The van der Waals surface area contributed by atoms with Gasteiger partial charge < -0.3 is 0 Å². The number of nitro groups is 1. The highest BCUT2D eigenvalue weighted by Crippen LogP contribution is 2.25. The lowest BCUT2D eigenvalue weighted by Crippen LogP contribution is -1.98. The molecule has 2 heterocycles. The molecule has 0 aliphatic rings. The SMILES string of the molecule is CC(C)Sc1nnc2ccc(-c3cccc([N+](=O)[O-])c3)nn12. The first-order valence-corrected chi connectivity index (χ1v) is 7.56. The molecule has 7 nitrogen and oxygen atoms in total. The van der Waals surface area contributed by atoms with Crippen molar-refractivity contribution < 1.29 is 4.92 Å². The lowest BCUT2D eigenvalue weighted by atomic mass is 10.1. The van der Waals surface area contributed by atoms with Crippen LogP contribution in [-0.4, -0.2) is 30.0 Å². The van der Waals surface area contributed by atoms with Crippen LogP contribution in [0.15, 0.2) is 41.6 Å². The van der Waals surface area contributed by atoms with Crippen LogP contribution in [0.25, 0.3) is 16.9 Å². The molecule has 0 radical (unpaired) electrons. The van der Waals surface area contributed by atoms with Gasteiger partial charge in [-0.05, 0) is 12.1 Å². The molecule has 0 aliphatic heterocycles. The standard InChI is InChI=1S/C14H13N5O2S/c1-9(2)22-14-16-15-13-7-6-12(17-18(13)14)10-4-3-5-11(8-10)19(20)21/h3-9H,1-2H3. The fraction of sp³-hybridized carbons (Fsp3) is 0.214. The summed E-state index contributed by atoms with van der Waals surface area (Å²) in [5.74, 6) is 0. The number of thioether (sulfide) groups is 1. The lowest BCUT2D eigenvalue weighted by molar-refractivity contribution is -0.384. The quantitative estimate of drug-likeness (QED) is 0.417. The Hall–Kier alpha value is -2.48. The van der Waals surface area contributed by atoms with Gasteiger partial charge in [-0.2, -0.15) is 9.61 Å². The van der Waals surface area contributed by atoms with Crippen molar-refractivity contribution in [2.45, 2.75) is 24.3 Å². The van der Waals surface area contributed by atoms with Crippen molar-refractivity contribution in [3.63, 3.8) is 0 Å². The molecule has 1 aromatic carbocycles. The Morgan fingerprint density at radius 3 is 2.77 bits per heavy atom. The van der Waals surface area contributed by atoms with Crippen LogP contribution in [0.3, 0.4) is 0 Å². The number of hydrogen-bond acceptors (Lipinski definition) is 6. The molecule has 0 amide bonds. The molecule has 0 unspecified atom stereocenters. The largest absolute Gasteiger partial charge is 0.270 e. The average Bonchev–Trinajstić information content (AvgIpc) is 2.89. The van der Waals surface area contributed by atoms with Gasteiger partial charge in [0.25, 0.3) is 5.69 Å². The molecule has 3 aromatic rings. The van der Waals surface area contributed by atoms with Gasteiger partial charge >= 0.3 is 0 Å². The predicted octanol–water partition coefficient (Wildman–Crippen LogP) is 3.20. The van der Waals surface area contributed by atoms with Crippen molar-refractivity contribution in [2.24, 2.45) is 0 Å². The van der Waals surface area contributed by atoms with E-state index in [1.165, 1.54) is 12.1 Å². The van der Waals surface area contributed by atoms with E-state index in [0.29, 0.717) is 27.3 Å². The normalized spacial score (nSPS) is 11.2. The van der Waals surface area contributed by atoms with Gasteiger partial charge in [-0.15, -0.1) is 10.2 Å².